The van der Waals surface area contributed by atoms with Gasteiger partial charge in [0.25, 0.3) is 0 Å². The van der Waals surface area contributed by atoms with Gasteiger partial charge >= 0.3 is 5.97 Å². The summed E-state index contributed by atoms with van der Waals surface area (Å²) in [6.07, 6.45) is 0.777. The lowest BCUT2D eigenvalue weighted by atomic mass is 10.2. The first kappa shape index (κ1) is 12.3. The molecule has 0 unspecified atom stereocenters. The first-order valence-electron chi connectivity index (χ1n) is 4.11. The van der Waals surface area contributed by atoms with Crippen molar-refractivity contribution in [3.05, 3.63) is 28.2 Å². The topological polar surface area (TPSA) is 43.4 Å². The third-order valence-corrected chi connectivity index (χ3v) is 3.63. The van der Waals surface area contributed by atoms with Crippen LogP contribution in [0.2, 0.25) is 0 Å². The van der Waals surface area contributed by atoms with E-state index in [9.17, 15) is 9.59 Å². The van der Waals surface area contributed by atoms with Crippen LogP contribution >= 0.6 is 27.7 Å². The lowest BCUT2D eigenvalue weighted by molar-refractivity contribution is -0.137. The number of esters is 1. The van der Waals surface area contributed by atoms with Crippen LogP contribution in [0.5, 0.6) is 0 Å². The van der Waals surface area contributed by atoms with E-state index in [-0.39, 0.29) is 11.7 Å². The summed E-state index contributed by atoms with van der Waals surface area (Å²) in [7, 11) is 1.35. The Balaban J connectivity index is 2.70. The van der Waals surface area contributed by atoms with Crippen LogP contribution in [0.1, 0.15) is 10.4 Å². The molecule has 1 rings (SSSR count). The van der Waals surface area contributed by atoms with E-state index in [1.54, 1.807) is 18.2 Å². The molecule has 0 N–H and O–H groups in total. The smallest absolute Gasteiger partial charge is 0.315 e. The van der Waals surface area contributed by atoms with Crippen LogP contribution < -0.4 is 0 Å². The summed E-state index contributed by atoms with van der Waals surface area (Å²) in [4.78, 5) is 22.3. The van der Waals surface area contributed by atoms with Crippen LogP contribution in [0.25, 0.3) is 0 Å². The van der Waals surface area contributed by atoms with E-state index >= 15 is 0 Å². The van der Waals surface area contributed by atoms with Gasteiger partial charge < -0.3 is 4.74 Å². The first-order valence-corrected chi connectivity index (χ1v) is 5.89. The van der Waals surface area contributed by atoms with Gasteiger partial charge in [-0.1, -0.05) is 6.07 Å². The molecule has 0 aliphatic heterocycles. The fourth-order valence-electron chi connectivity index (χ4n) is 0.903. The molecular formula is C10H9BrO3S. The zero-order valence-corrected chi connectivity index (χ0v) is 10.4. The van der Waals surface area contributed by atoms with Gasteiger partial charge in [0.15, 0.2) is 0 Å². The monoisotopic (exact) mass is 288 g/mol. The molecule has 0 aliphatic carbocycles. The third-order valence-electron chi connectivity index (χ3n) is 1.67. The van der Waals surface area contributed by atoms with Crippen molar-refractivity contribution >= 4 is 39.9 Å². The SMILES string of the molecule is COC(=O)CSc1ccc(C=O)cc1Br. The average Bonchev–Trinajstić information content (AvgIpc) is 2.26. The molecule has 15 heavy (non-hydrogen) atoms. The Morgan fingerprint density at radius 3 is 2.87 bits per heavy atom. The second kappa shape index (κ2) is 5.92. The minimum Gasteiger partial charge on any atom is -0.468 e. The predicted molar refractivity (Wildman–Crippen MR) is 62.3 cm³/mol. The average molecular weight is 289 g/mol. The zero-order chi connectivity index (χ0) is 11.3. The Morgan fingerprint density at radius 1 is 1.60 bits per heavy atom. The Kier molecular flexibility index (Phi) is 4.84. The van der Waals surface area contributed by atoms with E-state index in [0.29, 0.717) is 5.56 Å². The normalized spacial score (nSPS) is 9.73. The summed E-state index contributed by atoms with van der Waals surface area (Å²) < 4.78 is 5.33. The molecule has 0 fully saturated rings. The number of rotatable bonds is 4. The van der Waals surface area contributed by atoms with Crippen LogP contribution in [0, 0.1) is 0 Å². The van der Waals surface area contributed by atoms with Crippen molar-refractivity contribution in [3.63, 3.8) is 0 Å². The number of methoxy groups -OCH3 is 1. The van der Waals surface area contributed by atoms with Crippen molar-refractivity contribution in [1.29, 1.82) is 0 Å². The van der Waals surface area contributed by atoms with E-state index in [2.05, 4.69) is 20.7 Å². The molecule has 0 bridgehead atoms. The summed E-state index contributed by atoms with van der Waals surface area (Å²) in [5.74, 6) is -0.0124. The van der Waals surface area contributed by atoms with Crippen LogP contribution in [-0.4, -0.2) is 25.1 Å². The van der Waals surface area contributed by atoms with E-state index in [1.807, 2.05) is 0 Å². The van der Waals surface area contributed by atoms with Crippen molar-refractivity contribution in [2.24, 2.45) is 0 Å². The maximum absolute atomic E-state index is 10.9. The predicted octanol–water partition coefficient (Wildman–Crippen LogP) is 2.53. The minimum absolute atomic E-state index is 0.259. The maximum Gasteiger partial charge on any atom is 0.315 e. The fraction of sp³-hybridized carbons (Fsp3) is 0.200. The Labute approximate surface area is 100 Å². The van der Waals surface area contributed by atoms with Crippen molar-refractivity contribution in [1.82, 2.24) is 0 Å². The number of halogens is 1. The van der Waals surface area contributed by atoms with Crippen LogP contribution in [0.15, 0.2) is 27.6 Å². The van der Waals surface area contributed by atoms with Crippen molar-refractivity contribution in [3.8, 4) is 0 Å². The zero-order valence-electron chi connectivity index (χ0n) is 8.03. The molecule has 80 valence electrons. The summed E-state index contributed by atoms with van der Waals surface area (Å²) in [6.45, 7) is 0. The van der Waals surface area contributed by atoms with Gasteiger partial charge in [0.2, 0.25) is 0 Å². The summed E-state index contributed by atoms with van der Waals surface area (Å²) in [6, 6.07) is 5.21. The summed E-state index contributed by atoms with van der Waals surface area (Å²) in [5.41, 5.74) is 0.601. The van der Waals surface area contributed by atoms with Gasteiger partial charge in [0.1, 0.15) is 6.29 Å². The molecule has 3 nitrogen and oxygen atoms in total. The first-order chi connectivity index (χ1) is 7.17. The quantitative estimate of drug-likeness (QED) is 0.485. The largest absolute Gasteiger partial charge is 0.468 e. The van der Waals surface area contributed by atoms with E-state index < -0.39 is 0 Å². The number of aldehydes is 1. The van der Waals surface area contributed by atoms with Crippen LogP contribution in [0.4, 0.5) is 0 Å². The number of carbonyl (C=O) groups excluding carboxylic acids is 2. The molecule has 0 aliphatic rings. The molecule has 0 amide bonds. The molecule has 0 aromatic heterocycles. The summed E-state index contributed by atoms with van der Waals surface area (Å²) in [5, 5.41) is 0. The van der Waals surface area contributed by atoms with Crippen molar-refractivity contribution < 1.29 is 14.3 Å². The Hall–Kier alpha value is -0.810. The molecule has 0 heterocycles. The van der Waals surface area contributed by atoms with Crippen LogP contribution in [-0.2, 0) is 9.53 Å². The van der Waals surface area contributed by atoms with Crippen molar-refractivity contribution in [2.75, 3.05) is 12.9 Å². The molecule has 0 spiro atoms. The van der Waals surface area contributed by atoms with Gasteiger partial charge in [-0.2, -0.15) is 0 Å². The molecule has 1 aromatic rings. The van der Waals surface area contributed by atoms with Gasteiger partial charge in [0.05, 0.1) is 12.9 Å². The number of thioether (sulfide) groups is 1. The highest BCUT2D eigenvalue weighted by Crippen LogP contribution is 2.28. The summed E-state index contributed by atoms with van der Waals surface area (Å²) >= 11 is 4.69. The molecule has 5 heteroatoms. The molecule has 0 atom stereocenters. The lowest BCUT2D eigenvalue weighted by Gasteiger charge is -2.03. The number of hydrogen-bond donors (Lipinski definition) is 0. The van der Waals surface area contributed by atoms with E-state index in [4.69, 9.17) is 0 Å². The van der Waals surface area contributed by atoms with E-state index in [1.165, 1.54) is 18.9 Å². The molecule has 0 saturated carbocycles. The number of hydrogen-bond acceptors (Lipinski definition) is 4. The molecule has 0 saturated heterocycles. The molecular weight excluding hydrogens is 280 g/mol. The van der Waals surface area contributed by atoms with Gasteiger partial charge in [-0.05, 0) is 28.1 Å². The lowest BCUT2D eigenvalue weighted by Crippen LogP contribution is -2.02. The van der Waals surface area contributed by atoms with E-state index in [0.717, 1.165) is 15.7 Å². The number of ether oxygens (including phenoxy) is 1. The highest BCUT2D eigenvalue weighted by atomic mass is 79.9. The van der Waals surface area contributed by atoms with Gasteiger partial charge in [-0.25, -0.2) is 0 Å². The van der Waals surface area contributed by atoms with Crippen LogP contribution in [0.3, 0.4) is 0 Å². The van der Waals surface area contributed by atoms with Gasteiger partial charge in [-0.3, -0.25) is 9.59 Å². The number of benzene rings is 1. The fourth-order valence-corrected chi connectivity index (χ4v) is 2.40. The Morgan fingerprint density at radius 2 is 2.33 bits per heavy atom. The Bertz CT molecular complexity index is 379. The highest BCUT2D eigenvalue weighted by molar-refractivity contribution is 9.10. The molecule has 1 aromatic carbocycles. The standard InChI is InChI=1S/C10H9BrO3S/c1-14-10(13)6-15-9-3-2-7(5-12)4-8(9)11/h2-5H,6H2,1H3. The second-order valence-corrected chi connectivity index (χ2v) is 4.54. The van der Waals surface area contributed by atoms with Crippen molar-refractivity contribution in [2.45, 2.75) is 4.90 Å². The van der Waals surface area contributed by atoms with Gasteiger partial charge in [-0.15, -0.1) is 11.8 Å². The maximum atomic E-state index is 10.9. The second-order valence-electron chi connectivity index (χ2n) is 2.67. The van der Waals surface area contributed by atoms with Gasteiger partial charge in [0, 0.05) is 14.9 Å². The number of carbonyl (C=O) groups is 2. The minimum atomic E-state index is -0.272. The highest BCUT2D eigenvalue weighted by Gasteiger charge is 2.05. The molecule has 0 radical (unpaired) electrons. The third kappa shape index (κ3) is 3.68.